The van der Waals surface area contributed by atoms with E-state index < -0.39 is 0 Å². The first kappa shape index (κ1) is 14.1. The van der Waals surface area contributed by atoms with Gasteiger partial charge >= 0.3 is 0 Å². The van der Waals surface area contributed by atoms with Crippen LogP contribution in [-0.2, 0) is 4.79 Å². The van der Waals surface area contributed by atoms with E-state index in [0.29, 0.717) is 5.69 Å². The number of fused-ring (bicyclic) bond motifs is 1. The summed E-state index contributed by atoms with van der Waals surface area (Å²) in [6.07, 6.45) is 3.77. The lowest BCUT2D eigenvalue weighted by Gasteiger charge is -2.24. The number of rotatable bonds is 6. The van der Waals surface area contributed by atoms with E-state index in [-0.39, 0.29) is 12.5 Å². The molecule has 0 fully saturated rings. The van der Waals surface area contributed by atoms with E-state index in [9.17, 15) is 4.79 Å². The van der Waals surface area contributed by atoms with Crippen molar-refractivity contribution in [1.29, 1.82) is 0 Å². The summed E-state index contributed by atoms with van der Waals surface area (Å²) in [5.41, 5.74) is 13.7. The molecule has 4 N–H and O–H groups in total. The Morgan fingerprint density at radius 1 is 1.35 bits per heavy atom. The van der Waals surface area contributed by atoms with Crippen LogP contribution in [0.15, 0.2) is 30.5 Å². The number of hydrogen-bond acceptors (Lipinski definition) is 4. The molecule has 0 saturated heterocycles. The molecule has 0 bridgehead atoms. The average Bonchev–Trinajstić information content (AvgIpc) is 2.44. The molecule has 0 aliphatic carbocycles. The van der Waals surface area contributed by atoms with Gasteiger partial charge in [0.15, 0.2) is 0 Å². The van der Waals surface area contributed by atoms with Crippen LogP contribution in [-0.4, -0.2) is 24.0 Å². The Bertz CT molecular complexity index is 612. The summed E-state index contributed by atoms with van der Waals surface area (Å²) in [5.74, 6) is -0.345. The van der Waals surface area contributed by atoms with E-state index in [1.54, 1.807) is 6.20 Å². The fourth-order valence-corrected chi connectivity index (χ4v) is 2.26. The van der Waals surface area contributed by atoms with Gasteiger partial charge in [-0.1, -0.05) is 13.3 Å². The second kappa shape index (κ2) is 6.23. The minimum absolute atomic E-state index is 0.190. The Labute approximate surface area is 118 Å². The van der Waals surface area contributed by atoms with E-state index in [2.05, 4.69) is 11.9 Å². The fraction of sp³-hybridized carbons (Fsp3) is 0.333. The summed E-state index contributed by atoms with van der Waals surface area (Å²) >= 11 is 0. The first-order valence-electron chi connectivity index (χ1n) is 6.80. The number of unbranched alkanes of at least 4 members (excludes halogenated alkanes) is 1. The van der Waals surface area contributed by atoms with Crippen molar-refractivity contribution in [2.45, 2.75) is 19.8 Å². The summed E-state index contributed by atoms with van der Waals surface area (Å²) in [6.45, 7) is 3.08. The zero-order valence-electron chi connectivity index (χ0n) is 11.7. The third-order valence-electron chi connectivity index (χ3n) is 3.25. The number of anilines is 2. The zero-order chi connectivity index (χ0) is 14.5. The number of nitrogen functional groups attached to an aromatic ring is 1. The Hall–Kier alpha value is -2.30. The van der Waals surface area contributed by atoms with Crippen molar-refractivity contribution in [2.24, 2.45) is 5.73 Å². The van der Waals surface area contributed by atoms with Gasteiger partial charge in [-0.15, -0.1) is 0 Å². The van der Waals surface area contributed by atoms with E-state index >= 15 is 0 Å². The van der Waals surface area contributed by atoms with E-state index in [0.717, 1.165) is 36.0 Å². The minimum atomic E-state index is -0.345. The molecule has 0 saturated carbocycles. The lowest BCUT2D eigenvalue weighted by atomic mass is 10.1. The highest BCUT2D eigenvalue weighted by Crippen LogP contribution is 2.29. The number of pyridine rings is 1. The highest BCUT2D eigenvalue weighted by Gasteiger charge is 2.14. The molecule has 1 amide bonds. The molecule has 2 aromatic rings. The fourth-order valence-electron chi connectivity index (χ4n) is 2.26. The summed E-state index contributed by atoms with van der Waals surface area (Å²) in [7, 11) is 0. The number of primary amides is 1. The molecule has 1 aromatic heterocycles. The number of nitrogens with zero attached hydrogens (tertiary/aromatic N) is 2. The molecule has 0 aliphatic rings. The number of hydrogen-bond donors (Lipinski definition) is 2. The third-order valence-corrected chi connectivity index (χ3v) is 3.25. The predicted molar refractivity (Wildman–Crippen MR) is 82.5 cm³/mol. The maximum absolute atomic E-state index is 11.3. The van der Waals surface area contributed by atoms with Crippen LogP contribution in [0.3, 0.4) is 0 Å². The smallest absolute Gasteiger partial charge is 0.236 e. The predicted octanol–water partition coefficient (Wildman–Crippen LogP) is 1.91. The van der Waals surface area contributed by atoms with Crippen molar-refractivity contribution in [3.8, 4) is 0 Å². The molecule has 0 aliphatic heterocycles. The average molecular weight is 272 g/mol. The lowest BCUT2D eigenvalue weighted by Crippen LogP contribution is -2.34. The maximum Gasteiger partial charge on any atom is 0.236 e. The molecule has 5 nitrogen and oxygen atoms in total. The Morgan fingerprint density at radius 3 is 2.85 bits per heavy atom. The molecule has 1 aromatic carbocycles. The molecule has 0 radical (unpaired) electrons. The number of amides is 1. The topological polar surface area (TPSA) is 85.2 Å². The molecule has 1 heterocycles. The number of benzene rings is 1. The van der Waals surface area contributed by atoms with Gasteiger partial charge in [-0.3, -0.25) is 9.78 Å². The monoisotopic (exact) mass is 272 g/mol. The number of carbonyl (C=O) groups excluding carboxylic acids is 1. The van der Waals surface area contributed by atoms with Crippen molar-refractivity contribution in [2.75, 3.05) is 23.7 Å². The van der Waals surface area contributed by atoms with Crippen LogP contribution in [0.5, 0.6) is 0 Å². The van der Waals surface area contributed by atoms with Gasteiger partial charge in [0.2, 0.25) is 5.91 Å². The molecule has 2 rings (SSSR count). The first-order chi connectivity index (χ1) is 9.63. The Kier molecular flexibility index (Phi) is 4.40. The van der Waals surface area contributed by atoms with Crippen LogP contribution in [0, 0.1) is 0 Å². The lowest BCUT2D eigenvalue weighted by molar-refractivity contribution is -0.116. The van der Waals surface area contributed by atoms with Gasteiger partial charge in [0.1, 0.15) is 0 Å². The molecular weight excluding hydrogens is 252 g/mol. The molecule has 0 spiro atoms. The number of aromatic nitrogens is 1. The minimum Gasteiger partial charge on any atom is -0.398 e. The van der Waals surface area contributed by atoms with Gasteiger partial charge in [-0.2, -0.15) is 0 Å². The van der Waals surface area contributed by atoms with Crippen LogP contribution in [0.1, 0.15) is 19.8 Å². The van der Waals surface area contributed by atoms with Crippen LogP contribution >= 0.6 is 0 Å². The zero-order valence-corrected chi connectivity index (χ0v) is 11.7. The van der Waals surface area contributed by atoms with Gasteiger partial charge in [-0.25, -0.2) is 0 Å². The van der Waals surface area contributed by atoms with Crippen LogP contribution < -0.4 is 16.4 Å². The summed E-state index contributed by atoms with van der Waals surface area (Å²) < 4.78 is 0. The van der Waals surface area contributed by atoms with Gasteiger partial charge < -0.3 is 16.4 Å². The van der Waals surface area contributed by atoms with E-state index in [4.69, 9.17) is 11.5 Å². The van der Waals surface area contributed by atoms with Crippen molar-refractivity contribution < 1.29 is 4.79 Å². The summed E-state index contributed by atoms with van der Waals surface area (Å²) in [6, 6.07) is 7.54. The maximum atomic E-state index is 11.3. The number of nitrogens with two attached hydrogens (primary N) is 2. The van der Waals surface area contributed by atoms with Gasteiger partial charge in [0.25, 0.3) is 0 Å². The first-order valence-corrected chi connectivity index (χ1v) is 6.80. The quantitative estimate of drug-likeness (QED) is 0.787. The van der Waals surface area contributed by atoms with E-state index in [1.165, 1.54) is 0 Å². The van der Waals surface area contributed by atoms with Crippen LogP contribution in [0.2, 0.25) is 0 Å². The second-order valence-corrected chi connectivity index (χ2v) is 4.81. The van der Waals surface area contributed by atoms with Crippen LogP contribution in [0.25, 0.3) is 10.9 Å². The van der Waals surface area contributed by atoms with Crippen molar-refractivity contribution >= 4 is 28.2 Å². The molecule has 0 atom stereocenters. The number of carbonyl (C=O) groups is 1. The molecule has 20 heavy (non-hydrogen) atoms. The van der Waals surface area contributed by atoms with Gasteiger partial charge in [0, 0.05) is 23.8 Å². The molecule has 106 valence electrons. The second-order valence-electron chi connectivity index (χ2n) is 4.81. The molecular formula is C15H20N4O. The summed E-state index contributed by atoms with van der Waals surface area (Å²) in [4.78, 5) is 17.7. The van der Waals surface area contributed by atoms with Crippen molar-refractivity contribution in [1.82, 2.24) is 4.98 Å². The van der Waals surface area contributed by atoms with Crippen molar-refractivity contribution in [3.63, 3.8) is 0 Å². The largest absolute Gasteiger partial charge is 0.398 e. The van der Waals surface area contributed by atoms with E-state index in [1.807, 2.05) is 29.2 Å². The summed E-state index contributed by atoms with van der Waals surface area (Å²) in [5, 5.41) is 0.899. The Morgan fingerprint density at radius 2 is 2.15 bits per heavy atom. The molecule has 5 heteroatoms. The van der Waals surface area contributed by atoms with Crippen molar-refractivity contribution in [3.05, 3.63) is 30.5 Å². The third kappa shape index (κ3) is 2.99. The normalized spacial score (nSPS) is 10.7. The Balaban J connectivity index is 2.46. The van der Waals surface area contributed by atoms with Crippen LogP contribution in [0.4, 0.5) is 11.4 Å². The van der Waals surface area contributed by atoms with Gasteiger partial charge in [0.05, 0.1) is 17.7 Å². The molecule has 0 unspecified atom stereocenters. The standard InChI is InChI=1S/C15H20N4O/c1-2-3-9-19(10-14(17)20)13-7-6-12(16)11-5-4-8-18-15(11)13/h4-8H,2-3,9-10,16H2,1H3,(H2,17,20). The highest BCUT2D eigenvalue weighted by molar-refractivity contribution is 5.99. The van der Waals surface area contributed by atoms with Gasteiger partial charge in [-0.05, 0) is 30.7 Å². The SMILES string of the molecule is CCCCN(CC(N)=O)c1ccc(N)c2cccnc12. The highest BCUT2D eigenvalue weighted by atomic mass is 16.1.